The summed E-state index contributed by atoms with van der Waals surface area (Å²) < 4.78 is 20.9. The van der Waals surface area contributed by atoms with Crippen LogP contribution in [0.5, 0.6) is 5.88 Å². The van der Waals surface area contributed by atoms with Crippen LogP contribution in [0, 0.1) is 5.92 Å². The average Bonchev–Trinajstić information content (AvgIpc) is 3.13. The fourth-order valence-electron chi connectivity index (χ4n) is 3.58. The summed E-state index contributed by atoms with van der Waals surface area (Å²) in [6, 6.07) is 10.4. The molecule has 4 rings (SSSR count). The normalized spacial score (nSPS) is 22.2. The molecule has 2 aliphatic rings. The molecule has 7 nitrogen and oxygen atoms in total. The van der Waals surface area contributed by atoms with Gasteiger partial charge in [0.25, 0.3) is 0 Å². The first-order chi connectivity index (χ1) is 13.5. The maximum Gasteiger partial charge on any atom is 0.223 e. The van der Waals surface area contributed by atoms with Crippen LogP contribution in [-0.4, -0.2) is 33.9 Å². The molecule has 0 radical (unpaired) electrons. The van der Waals surface area contributed by atoms with E-state index in [-0.39, 0.29) is 5.92 Å². The molecule has 0 fully saturated rings. The maximum atomic E-state index is 9.56. The summed E-state index contributed by atoms with van der Waals surface area (Å²) in [5, 5.41) is 5.54. The average molecular weight is 403 g/mol. The molecular formula is C20H26N4O3S. The fourth-order valence-corrected chi connectivity index (χ4v) is 4.05. The van der Waals surface area contributed by atoms with E-state index >= 15 is 0 Å². The van der Waals surface area contributed by atoms with E-state index in [0.717, 1.165) is 43.9 Å². The summed E-state index contributed by atoms with van der Waals surface area (Å²) in [4.78, 5) is 11.0. The van der Waals surface area contributed by atoms with Crippen molar-refractivity contribution in [1.29, 1.82) is 0 Å². The number of hydrogen-bond acceptors (Lipinski definition) is 7. The van der Waals surface area contributed by atoms with Gasteiger partial charge in [-0.2, -0.15) is 0 Å². The largest absolute Gasteiger partial charge is 0.444 e. The first kappa shape index (κ1) is 19.2. The lowest BCUT2D eigenvalue weighted by Gasteiger charge is -2.29. The zero-order chi connectivity index (χ0) is 19.6. The van der Waals surface area contributed by atoms with Crippen LogP contribution in [-0.2, 0) is 17.1 Å². The van der Waals surface area contributed by atoms with E-state index in [4.69, 9.17) is 14.1 Å². The summed E-state index contributed by atoms with van der Waals surface area (Å²) in [7, 11) is -2.42. The Balaban J connectivity index is 1.36. The van der Waals surface area contributed by atoms with Gasteiger partial charge in [-0.3, -0.25) is 8.74 Å². The van der Waals surface area contributed by atoms with Crippen molar-refractivity contribution in [3.8, 4) is 5.88 Å². The number of ether oxygens (including phenoxy) is 1. The third-order valence-corrected chi connectivity index (χ3v) is 5.64. The Morgan fingerprint density at radius 1 is 1.29 bits per heavy atom. The van der Waals surface area contributed by atoms with Crippen molar-refractivity contribution in [3.63, 3.8) is 0 Å². The van der Waals surface area contributed by atoms with Gasteiger partial charge in [-0.05, 0) is 36.0 Å². The number of hydrogen-bond donors (Lipinski definition) is 2. The number of rotatable bonds is 6. The number of anilines is 1. The summed E-state index contributed by atoms with van der Waals surface area (Å²) in [6.45, 7) is 2.19. The molecule has 2 atom stereocenters. The molecule has 2 heterocycles. The quantitative estimate of drug-likeness (QED) is 0.764. The molecule has 1 unspecified atom stereocenters. The number of allylic oxidation sites excluding steroid dienone is 2. The van der Waals surface area contributed by atoms with Gasteiger partial charge in [-0.1, -0.05) is 24.3 Å². The van der Waals surface area contributed by atoms with Crippen LogP contribution in [0.25, 0.3) is 0 Å². The van der Waals surface area contributed by atoms with E-state index in [1.807, 2.05) is 12.1 Å². The lowest BCUT2D eigenvalue weighted by molar-refractivity contribution is 0.250. The van der Waals surface area contributed by atoms with Crippen LogP contribution < -0.4 is 14.8 Å². The molecule has 1 aliphatic heterocycles. The minimum absolute atomic E-state index is 0.262. The Morgan fingerprint density at radius 2 is 2.11 bits per heavy atom. The lowest BCUT2D eigenvalue weighted by Crippen LogP contribution is -2.31. The molecule has 1 aromatic heterocycles. The molecule has 3 N–H and O–H groups in total. The summed E-state index contributed by atoms with van der Waals surface area (Å²) in [6.07, 6.45) is 7.70. The van der Waals surface area contributed by atoms with E-state index in [1.165, 1.54) is 17.4 Å². The molecule has 0 bridgehead atoms. The molecule has 1 aliphatic carbocycles. The van der Waals surface area contributed by atoms with Crippen molar-refractivity contribution >= 4 is 16.6 Å². The van der Waals surface area contributed by atoms with Crippen LogP contribution in [0.4, 0.5) is 5.82 Å². The topological polar surface area (TPSA) is 93.7 Å². The van der Waals surface area contributed by atoms with Gasteiger partial charge in [0, 0.05) is 31.8 Å². The van der Waals surface area contributed by atoms with E-state index in [0.29, 0.717) is 12.5 Å². The zero-order valence-electron chi connectivity index (χ0n) is 16.0. The third kappa shape index (κ3) is 4.82. The third-order valence-electron chi connectivity index (χ3n) is 5.03. The monoisotopic (exact) mass is 402 g/mol. The van der Waals surface area contributed by atoms with Crippen LogP contribution in [0.2, 0.25) is 0 Å². The minimum atomic E-state index is -2.42. The number of fused-ring (bicyclic) bond motifs is 1. The smallest absolute Gasteiger partial charge is 0.223 e. The maximum absolute atomic E-state index is 9.56. The van der Waals surface area contributed by atoms with Crippen molar-refractivity contribution in [1.82, 2.24) is 9.97 Å². The van der Waals surface area contributed by atoms with Crippen molar-refractivity contribution in [3.05, 3.63) is 59.6 Å². The Labute approximate surface area is 167 Å². The molecule has 1 aromatic carbocycles. The van der Waals surface area contributed by atoms with Gasteiger partial charge in [0.2, 0.25) is 5.88 Å². The summed E-state index contributed by atoms with van der Waals surface area (Å²) in [5.74, 6) is 2.56. The van der Waals surface area contributed by atoms with E-state index in [1.54, 1.807) is 6.33 Å². The first-order valence-corrected chi connectivity index (χ1v) is 11.4. The molecule has 0 saturated carbocycles. The Kier molecular flexibility index (Phi) is 5.54. The number of nitrogens with zero attached hydrogens (tertiary/aromatic N) is 3. The van der Waals surface area contributed by atoms with Crippen LogP contribution in [0.3, 0.4) is 0 Å². The van der Waals surface area contributed by atoms with Crippen LogP contribution >= 0.6 is 10.8 Å². The van der Waals surface area contributed by atoms with Crippen molar-refractivity contribution in [2.45, 2.75) is 25.8 Å². The number of nitrogens with two attached hydrogens (primary N) is 1. The molecule has 0 amide bonds. The second-order valence-corrected chi connectivity index (χ2v) is 9.34. The van der Waals surface area contributed by atoms with Crippen molar-refractivity contribution < 1.29 is 13.5 Å². The SMILES string of the molecule is CS(N)(O)OC[C@H]1CC=C(Oc2cc(N3CCc4ccccc4C3)ncn2)C1. The molecule has 2 aromatic rings. The van der Waals surface area contributed by atoms with Gasteiger partial charge in [-0.25, -0.2) is 15.1 Å². The molecule has 8 heteroatoms. The van der Waals surface area contributed by atoms with Crippen molar-refractivity contribution in [2.24, 2.45) is 11.1 Å². The molecule has 0 saturated heterocycles. The van der Waals surface area contributed by atoms with Gasteiger partial charge in [0.15, 0.2) is 0 Å². The highest BCUT2D eigenvalue weighted by molar-refractivity contribution is 8.22. The highest BCUT2D eigenvalue weighted by atomic mass is 32.3. The predicted octanol–water partition coefficient (Wildman–Crippen LogP) is 3.42. The van der Waals surface area contributed by atoms with Crippen molar-refractivity contribution in [2.75, 3.05) is 24.3 Å². The number of aromatic nitrogens is 2. The zero-order valence-corrected chi connectivity index (χ0v) is 16.8. The molecule has 28 heavy (non-hydrogen) atoms. The highest BCUT2D eigenvalue weighted by Crippen LogP contribution is 2.35. The second-order valence-electron chi connectivity index (χ2n) is 7.38. The van der Waals surface area contributed by atoms with E-state index in [9.17, 15) is 4.55 Å². The van der Waals surface area contributed by atoms with Crippen LogP contribution in [0.15, 0.2) is 48.5 Å². The standard InChI is InChI=1S/C20H26N4O3S/c1-28(21,25)26-13-15-6-7-18(10-15)27-20-11-19(22-14-23-20)24-9-8-16-4-2-3-5-17(16)12-24/h2-5,7,11,14-15,25H,6,8-10,12-13,21H2,1H3/t15-/m0/s1. The number of benzene rings is 1. The van der Waals surface area contributed by atoms with Gasteiger partial charge < -0.3 is 9.64 Å². The van der Waals surface area contributed by atoms with Gasteiger partial charge in [-0.15, -0.1) is 10.8 Å². The van der Waals surface area contributed by atoms with Gasteiger partial charge >= 0.3 is 0 Å². The fraction of sp³-hybridized carbons (Fsp3) is 0.400. The minimum Gasteiger partial charge on any atom is -0.444 e. The second kappa shape index (κ2) is 8.08. The lowest BCUT2D eigenvalue weighted by atomic mass is 10.00. The molecule has 0 spiro atoms. The Hall–Kier alpha value is -2.13. The summed E-state index contributed by atoms with van der Waals surface area (Å²) in [5.41, 5.74) is 2.75. The summed E-state index contributed by atoms with van der Waals surface area (Å²) >= 11 is 0. The molecular weight excluding hydrogens is 376 g/mol. The predicted molar refractivity (Wildman–Crippen MR) is 111 cm³/mol. The Morgan fingerprint density at radius 3 is 2.93 bits per heavy atom. The van der Waals surface area contributed by atoms with Gasteiger partial charge in [0.05, 0.1) is 6.61 Å². The van der Waals surface area contributed by atoms with E-state index in [2.05, 4.69) is 39.1 Å². The Bertz CT molecular complexity index is 869. The first-order valence-electron chi connectivity index (χ1n) is 9.40. The van der Waals surface area contributed by atoms with E-state index < -0.39 is 10.8 Å². The molecule has 150 valence electrons. The van der Waals surface area contributed by atoms with Gasteiger partial charge in [0.1, 0.15) is 17.9 Å². The highest BCUT2D eigenvalue weighted by Gasteiger charge is 2.22. The van der Waals surface area contributed by atoms with Crippen LogP contribution in [0.1, 0.15) is 24.0 Å².